The summed E-state index contributed by atoms with van der Waals surface area (Å²) in [6, 6.07) is 39.6. The van der Waals surface area contributed by atoms with Crippen LogP contribution in [0.25, 0.3) is 45.0 Å². The molecule has 2 heteroatoms. The summed E-state index contributed by atoms with van der Waals surface area (Å²) in [7, 11) is 0. The SMILES string of the molecule is Cc1ccc(-c2cc(-c3ccccc3)nc(-c3ccccc3)n2)cc1-c1ccccc1. The minimum absolute atomic E-state index is 0.735. The molecule has 0 radical (unpaired) electrons. The Balaban J connectivity index is 1.69. The smallest absolute Gasteiger partial charge is 0.160 e. The van der Waals surface area contributed by atoms with E-state index in [4.69, 9.17) is 9.97 Å². The predicted octanol–water partition coefficient (Wildman–Crippen LogP) is 7.45. The highest BCUT2D eigenvalue weighted by atomic mass is 14.9. The van der Waals surface area contributed by atoms with Crippen molar-refractivity contribution in [2.24, 2.45) is 0 Å². The zero-order valence-corrected chi connectivity index (χ0v) is 17.4. The van der Waals surface area contributed by atoms with Crippen molar-refractivity contribution in [2.75, 3.05) is 0 Å². The maximum Gasteiger partial charge on any atom is 0.160 e. The lowest BCUT2D eigenvalue weighted by Gasteiger charge is -2.12. The molecular formula is C29H22N2. The Morgan fingerprint density at radius 3 is 1.58 bits per heavy atom. The lowest BCUT2D eigenvalue weighted by atomic mass is 9.96. The second-order valence-electron chi connectivity index (χ2n) is 7.59. The van der Waals surface area contributed by atoms with Gasteiger partial charge in [-0.1, -0.05) is 103 Å². The highest BCUT2D eigenvalue weighted by Gasteiger charge is 2.12. The van der Waals surface area contributed by atoms with Crippen LogP contribution in [0.3, 0.4) is 0 Å². The third-order valence-corrected chi connectivity index (χ3v) is 5.45. The molecule has 0 saturated heterocycles. The minimum Gasteiger partial charge on any atom is -0.228 e. The average molecular weight is 399 g/mol. The Hall–Kier alpha value is -4.04. The molecule has 5 aromatic rings. The van der Waals surface area contributed by atoms with Crippen molar-refractivity contribution in [1.29, 1.82) is 0 Å². The molecule has 5 rings (SSSR count). The van der Waals surface area contributed by atoms with Gasteiger partial charge in [0.05, 0.1) is 11.4 Å². The zero-order chi connectivity index (χ0) is 21.0. The van der Waals surface area contributed by atoms with Gasteiger partial charge in [0.15, 0.2) is 5.82 Å². The highest BCUT2D eigenvalue weighted by Crippen LogP contribution is 2.31. The molecule has 0 spiro atoms. The van der Waals surface area contributed by atoms with Crippen LogP contribution in [0.2, 0.25) is 0 Å². The van der Waals surface area contributed by atoms with Crippen LogP contribution in [0.4, 0.5) is 0 Å². The van der Waals surface area contributed by atoms with Crippen molar-refractivity contribution in [3.05, 3.63) is 121 Å². The van der Waals surface area contributed by atoms with Gasteiger partial charge in [-0.25, -0.2) is 9.97 Å². The molecule has 2 nitrogen and oxygen atoms in total. The summed E-state index contributed by atoms with van der Waals surface area (Å²) in [4.78, 5) is 9.84. The Morgan fingerprint density at radius 2 is 0.968 bits per heavy atom. The van der Waals surface area contributed by atoms with Crippen molar-refractivity contribution in [1.82, 2.24) is 9.97 Å². The molecule has 31 heavy (non-hydrogen) atoms. The molecule has 0 fully saturated rings. The quantitative estimate of drug-likeness (QED) is 0.314. The minimum atomic E-state index is 0.735. The van der Waals surface area contributed by atoms with Crippen LogP contribution in [0, 0.1) is 6.92 Å². The van der Waals surface area contributed by atoms with Crippen LogP contribution < -0.4 is 0 Å². The first-order chi connectivity index (χ1) is 15.3. The van der Waals surface area contributed by atoms with Crippen molar-refractivity contribution < 1.29 is 0 Å². The van der Waals surface area contributed by atoms with E-state index in [9.17, 15) is 0 Å². The van der Waals surface area contributed by atoms with Gasteiger partial charge in [-0.15, -0.1) is 0 Å². The number of benzene rings is 4. The molecule has 4 aromatic carbocycles. The van der Waals surface area contributed by atoms with Crippen LogP contribution in [0.1, 0.15) is 5.56 Å². The first-order valence-corrected chi connectivity index (χ1v) is 10.4. The standard InChI is InChI=1S/C29H22N2/c1-21-17-18-25(19-26(21)22-11-5-2-6-12-22)28-20-27(23-13-7-3-8-14-23)30-29(31-28)24-15-9-4-10-16-24/h2-20H,1H3. The van der Waals surface area contributed by atoms with Gasteiger partial charge in [-0.3, -0.25) is 0 Å². The van der Waals surface area contributed by atoms with E-state index in [0.717, 1.165) is 33.9 Å². The molecule has 0 bridgehead atoms. The Bertz CT molecular complexity index is 1250. The summed E-state index contributed by atoms with van der Waals surface area (Å²) >= 11 is 0. The van der Waals surface area contributed by atoms with E-state index in [1.165, 1.54) is 16.7 Å². The average Bonchev–Trinajstić information content (AvgIpc) is 2.86. The molecule has 0 unspecified atom stereocenters. The molecule has 0 N–H and O–H groups in total. The van der Waals surface area contributed by atoms with E-state index >= 15 is 0 Å². The fourth-order valence-electron chi connectivity index (χ4n) is 3.78. The van der Waals surface area contributed by atoms with Gasteiger partial charge in [0.25, 0.3) is 0 Å². The van der Waals surface area contributed by atoms with Gasteiger partial charge in [-0.2, -0.15) is 0 Å². The fourth-order valence-corrected chi connectivity index (χ4v) is 3.78. The lowest BCUT2D eigenvalue weighted by Crippen LogP contribution is -1.96. The molecular weight excluding hydrogens is 376 g/mol. The second-order valence-corrected chi connectivity index (χ2v) is 7.59. The summed E-state index contributed by atoms with van der Waals surface area (Å²) in [6.45, 7) is 2.15. The van der Waals surface area contributed by atoms with Crippen LogP contribution in [0.5, 0.6) is 0 Å². The fraction of sp³-hybridized carbons (Fsp3) is 0.0345. The van der Waals surface area contributed by atoms with Gasteiger partial charge in [-0.05, 0) is 35.7 Å². The van der Waals surface area contributed by atoms with Gasteiger partial charge < -0.3 is 0 Å². The number of aryl methyl sites for hydroxylation is 1. The molecule has 0 saturated carbocycles. The Kier molecular flexibility index (Phi) is 5.12. The molecule has 1 heterocycles. The largest absolute Gasteiger partial charge is 0.228 e. The maximum absolute atomic E-state index is 4.95. The summed E-state index contributed by atoms with van der Waals surface area (Å²) in [5.74, 6) is 0.735. The van der Waals surface area contributed by atoms with E-state index in [1.807, 2.05) is 42.5 Å². The zero-order valence-electron chi connectivity index (χ0n) is 17.4. The molecule has 148 valence electrons. The number of hydrogen-bond donors (Lipinski definition) is 0. The normalized spacial score (nSPS) is 10.7. The molecule has 0 aliphatic carbocycles. The first kappa shape index (κ1) is 19.0. The van der Waals surface area contributed by atoms with Crippen molar-refractivity contribution in [2.45, 2.75) is 6.92 Å². The van der Waals surface area contributed by atoms with Crippen molar-refractivity contribution in [3.63, 3.8) is 0 Å². The third kappa shape index (κ3) is 4.01. The summed E-state index contributed by atoms with van der Waals surface area (Å²) < 4.78 is 0. The van der Waals surface area contributed by atoms with Crippen molar-refractivity contribution >= 4 is 0 Å². The topological polar surface area (TPSA) is 25.8 Å². The molecule has 1 aromatic heterocycles. The monoisotopic (exact) mass is 398 g/mol. The summed E-state index contributed by atoms with van der Waals surface area (Å²) in [5.41, 5.74) is 8.70. The summed E-state index contributed by atoms with van der Waals surface area (Å²) in [5, 5.41) is 0. The van der Waals surface area contributed by atoms with E-state index in [-0.39, 0.29) is 0 Å². The second kappa shape index (κ2) is 8.37. The number of rotatable bonds is 4. The predicted molar refractivity (Wildman–Crippen MR) is 129 cm³/mol. The number of hydrogen-bond acceptors (Lipinski definition) is 2. The Labute approximate surface area is 182 Å². The summed E-state index contributed by atoms with van der Waals surface area (Å²) in [6.07, 6.45) is 0. The molecule has 0 atom stereocenters. The van der Waals surface area contributed by atoms with Crippen LogP contribution in [-0.4, -0.2) is 9.97 Å². The highest BCUT2D eigenvalue weighted by molar-refractivity contribution is 5.77. The van der Waals surface area contributed by atoms with Gasteiger partial charge in [0.2, 0.25) is 0 Å². The van der Waals surface area contributed by atoms with Crippen LogP contribution in [0.15, 0.2) is 115 Å². The number of nitrogens with zero attached hydrogens (tertiary/aromatic N) is 2. The van der Waals surface area contributed by atoms with Crippen LogP contribution >= 0.6 is 0 Å². The van der Waals surface area contributed by atoms with Gasteiger partial charge >= 0.3 is 0 Å². The van der Waals surface area contributed by atoms with Gasteiger partial charge in [0.1, 0.15) is 0 Å². The number of aromatic nitrogens is 2. The van der Waals surface area contributed by atoms with E-state index in [2.05, 4.69) is 79.7 Å². The first-order valence-electron chi connectivity index (χ1n) is 10.4. The molecule has 0 aliphatic heterocycles. The van der Waals surface area contributed by atoms with Crippen molar-refractivity contribution in [3.8, 4) is 45.0 Å². The van der Waals surface area contributed by atoms with Gasteiger partial charge in [0, 0.05) is 16.7 Å². The maximum atomic E-state index is 4.95. The lowest BCUT2D eigenvalue weighted by molar-refractivity contribution is 1.18. The van der Waals surface area contributed by atoms with E-state index < -0.39 is 0 Å². The van der Waals surface area contributed by atoms with E-state index in [0.29, 0.717) is 0 Å². The third-order valence-electron chi connectivity index (χ3n) is 5.45. The van der Waals surface area contributed by atoms with E-state index in [1.54, 1.807) is 0 Å². The molecule has 0 amide bonds. The van der Waals surface area contributed by atoms with Crippen LogP contribution in [-0.2, 0) is 0 Å². The Morgan fingerprint density at radius 1 is 0.452 bits per heavy atom. The molecule has 0 aliphatic rings.